The van der Waals surface area contributed by atoms with Crippen molar-refractivity contribution in [2.45, 2.75) is 4.90 Å². The second-order valence-electron chi connectivity index (χ2n) is 2.47. The van der Waals surface area contributed by atoms with Crippen molar-refractivity contribution < 1.29 is 8.42 Å². The number of pyridine rings is 1. The van der Waals surface area contributed by atoms with Gasteiger partial charge in [-0.1, -0.05) is 29.1 Å². The maximum atomic E-state index is 11.5. The lowest BCUT2D eigenvalue weighted by Gasteiger charge is -2.04. The largest absolute Gasteiger partial charge is 0.243 e. The predicted octanol–water partition coefficient (Wildman–Crippen LogP) is 1.30. The highest BCUT2D eigenvalue weighted by molar-refractivity contribution is 7.89. The van der Waals surface area contributed by atoms with E-state index in [1.807, 2.05) is 0 Å². The van der Waals surface area contributed by atoms with Crippen molar-refractivity contribution in [1.82, 2.24) is 9.71 Å². The molecule has 1 aromatic heterocycles. The Hall–Kier alpha value is -0.800. The molecule has 4 nitrogen and oxygen atoms in total. The average Bonchev–Trinajstić information content (AvgIpc) is 2.19. The first-order chi connectivity index (χ1) is 6.97. The Kier molecular flexibility index (Phi) is 3.94. The van der Waals surface area contributed by atoms with Gasteiger partial charge in [0, 0.05) is 6.20 Å². The van der Waals surface area contributed by atoms with Gasteiger partial charge in [0.05, 0.1) is 11.6 Å². The molecule has 1 aromatic rings. The molecule has 0 atom stereocenters. The van der Waals surface area contributed by atoms with Crippen molar-refractivity contribution >= 4 is 33.2 Å². The van der Waals surface area contributed by atoms with Gasteiger partial charge in [0.15, 0.2) is 0 Å². The quantitative estimate of drug-likeness (QED) is 0.662. The van der Waals surface area contributed by atoms with Crippen LogP contribution in [-0.4, -0.2) is 19.9 Å². The molecule has 0 amide bonds. The second-order valence-corrected chi connectivity index (χ2v) is 5.00. The van der Waals surface area contributed by atoms with Crippen molar-refractivity contribution in [1.29, 1.82) is 0 Å². The standard InChI is InChI=1S/C8H6Cl2N2O2S/c1-2-3-12-15(13,14)6-4-7(9)8(10)11-5-6/h1,4-5,12H,3H2. The van der Waals surface area contributed by atoms with Crippen LogP contribution in [0.2, 0.25) is 10.2 Å². The van der Waals surface area contributed by atoms with Crippen molar-refractivity contribution in [3.05, 3.63) is 22.4 Å². The lowest BCUT2D eigenvalue weighted by atomic mass is 10.5. The number of nitrogens with one attached hydrogen (secondary N) is 1. The number of halogens is 2. The third-order valence-electron chi connectivity index (χ3n) is 1.45. The fourth-order valence-electron chi connectivity index (χ4n) is 0.771. The lowest BCUT2D eigenvalue weighted by molar-refractivity contribution is 0.585. The topological polar surface area (TPSA) is 59.1 Å². The number of sulfonamides is 1. The highest BCUT2D eigenvalue weighted by Crippen LogP contribution is 2.21. The van der Waals surface area contributed by atoms with E-state index in [-0.39, 0.29) is 21.6 Å². The molecule has 0 spiro atoms. The third kappa shape index (κ3) is 3.08. The summed E-state index contributed by atoms with van der Waals surface area (Å²) >= 11 is 11.2. The van der Waals surface area contributed by atoms with Crippen LogP contribution in [0, 0.1) is 12.3 Å². The van der Waals surface area contributed by atoms with E-state index in [9.17, 15) is 8.42 Å². The fraction of sp³-hybridized carbons (Fsp3) is 0.125. The summed E-state index contributed by atoms with van der Waals surface area (Å²) in [6.45, 7) is -0.0947. The molecule has 0 saturated heterocycles. The highest BCUT2D eigenvalue weighted by Gasteiger charge is 2.14. The number of aromatic nitrogens is 1. The van der Waals surface area contributed by atoms with Gasteiger partial charge >= 0.3 is 0 Å². The molecular formula is C8H6Cl2N2O2S. The molecule has 0 aliphatic rings. The summed E-state index contributed by atoms with van der Waals surface area (Å²) in [5.41, 5.74) is 0. The zero-order valence-corrected chi connectivity index (χ0v) is 9.70. The van der Waals surface area contributed by atoms with Gasteiger partial charge in [-0.2, -0.15) is 4.72 Å². The van der Waals surface area contributed by atoms with E-state index in [1.54, 1.807) is 0 Å². The molecule has 0 radical (unpaired) electrons. The Balaban J connectivity index is 3.07. The van der Waals surface area contributed by atoms with E-state index in [1.165, 1.54) is 6.07 Å². The first-order valence-electron chi connectivity index (χ1n) is 3.71. The summed E-state index contributed by atoms with van der Waals surface area (Å²) in [4.78, 5) is 3.54. The summed E-state index contributed by atoms with van der Waals surface area (Å²) in [5, 5.41) is 0.118. The predicted molar refractivity (Wildman–Crippen MR) is 58.3 cm³/mol. The third-order valence-corrected chi connectivity index (χ3v) is 3.50. The molecule has 0 fully saturated rings. The van der Waals surface area contributed by atoms with Gasteiger partial charge in [-0.3, -0.25) is 0 Å². The van der Waals surface area contributed by atoms with E-state index in [2.05, 4.69) is 15.6 Å². The van der Waals surface area contributed by atoms with Crippen LogP contribution in [0.4, 0.5) is 0 Å². The van der Waals surface area contributed by atoms with Crippen LogP contribution >= 0.6 is 23.2 Å². The Bertz CT molecular complexity index is 508. The molecule has 15 heavy (non-hydrogen) atoms. The number of terminal acetylenes is 1. The van der Waals surface area contributed by atoms with Crippen LogP contribution in [0.25, 0.3) is 0 Å². The minimum Gasteiger partial charge on any atom is -0.242 e. The van der Waals surface area contributed by atoms with Crippen molar-refractivity contribution in [2.75, 3.05) is 6.54 Å². The molecule has 0 bridgehead atoms. The van der Waals surface area contributed by atoms with Crippen molar-refractivity contribution in [2.24, 2.45) is 0 Å². The van der Waals surface area contributed by atoms with Crippen LogP contribution in [0.3, 0.4) is 0 Å². The molecule has 0 aliphatic carbocycles. The van der Waals surface area contributed by atoms with E-state index >= 15 is 0 Å². The molecule has 1 heterocycles. The van der Waals surface area contributed by atoms with E-state index in [4.69, 9.17) is 29.6 Å². The van der Waals surface area contributed by atoms with E-state index in [0.717, 1.165) is 6.20 Å². The zero-order valence-electron chi connectivity index (χ0n) is 7.37. The first-order valence-corrected chi connectivity index (χ1v) is 5.95. The summed E-state index contributed by atoms with van der Waals surface area (Å²) in [6.07, 6.45) is 6.03. The molecule has 80 valence electrons. The van der Waals surface area contributed by atoms with Crippen molar-refractivity contribution in [3.8, 4) is 12.3 Å². The van der Waals surface area contributed by atoms with Gasteiger partial charge in [0.25, 0.3) is 0 Å². The molecule has 0 unspecified atom stereocenters. The molecule has 0 aliphatic heterocycles. The Morgan fingerprint density at radius 1 is 1.53 bits per heavy atom. The van der Waals surface area contributed by atoms with Crippen molar-refractivity contribution in [3.63, 3.8) is 0 Å². The maximum Gasteiger partial charge on any atom is 0.243 e. The van der Waals surface area contributed by atoms with Gasteiger partial charge in [0.1, 0.15) is 10.0 Å². The SMILES string of the molecule is C#CCNS(=O)(=O)c1cnc(Cl)c(Cl)c1. The Morgan fingerprint density at radius 2 is 2.20 bits per heavy atom. The smallest absolute Gasteiger partial charge is 0.242 e. The fourth-order valence-corrected chi connectivity index (χ4v) is 2.01. The maximum absolute atomic E-state index is 11.5. The zero-order chi connectivity index (χ0) is 11.5. The second kappa shape index (κ2) is 4.81. The van der Waals surface area contributed by atoms with Crippen LogP contribution < -0.4 is 4.72 Å². The number of nitrogens with zero attached hydrogens (tertiary/aromatic N) is 1. The molecule has 0 saturated carbocycles. The minimum atomic E-state index is -3.66. The lowest BCUT2D eigenvalue weighted by Crippen LogP contribution is -2.24. The van der Waals surface area contributed by atoms with E-state index in [0.29, 0.717) is 0 Å². The molecule has 1 N–H and O–H groups in total. The first kappa shape index (κ1) is 12.3. The summed E-state index contributed by atoms with van der Waals surface area (Å²) in [5.74, 6) is 2.15. The Morgan fingerprint density at radius 3 is 2.73 bits per heavy atom. The normalized spacial score (nSPS) is 11.0. The van der Waals surface area contributed by atoms with Gasteiger partial charge in [-0.15, -0.1) is 6.42 Å². The van der Waals surface area contributed by atoms with E-state index < -0.39 is 10.0 Å². The average molecular weight is 265 g/mol. The number of hydrogen-bond donors (Lipinski definition) is 1. The van der Waals surface area contributed by atoms with Gasteiger partial charge in [0.2, 0.25) is 10.0 Å². The van der Waals surface area contributed by atoms with Gasteiger partial charge in [-0.25, -0.2) is 13.4 Å². The number of hydrogen-bond acceptors (Lipinski definition) is 3. The van der Waals surface area contributed by atoms with Crippen LogP contribution in [0.15, 0.2) is 17.2 Å². The summed E-state index contributed by atoms with van der Waals surface area (Å²) < 4.78 is 25.2. The molecule has 7 heteroatoms. The summed E-state index contributed by atoms with van der Waals surface area (Å²) in [7, 11) is -3.66. The Labute approximate surface area is 97.7 Å². The molecular weight excluding hydrogens is 259 g/mol. The van der Waals surface area contributed by atoms with Crippen LogP contribution in [-0.2, 0) is 10.0 Å². The monoisotopic (exact) mass is 264 g/mol. The minimum absolute atomic E-state index is 0.0487. The van der Waals surface area contributed by atoms with Gasteiger partial charge in [-0.05, 0) is 6.07 Å². The van der Waals surface area contributed by atoms with Gasteiger partial charge < -0.3 is 0 Å². The summed E-state index contributed by atoms with van der Waals surface area (Å²) in [6, 6.07) is 1.20. The van der Waals surface area contributed by atoms with Crippen LogP contribution in [0.5, 0.6) is 0 Å². The number of rotatable bonds is 3. The molecule has 1 rings (SSSR count). The van der Waals surface area contributed by atoms with Crippen LogP contribution in [0.1, 0.15) is 0 Å². The highest BCUT2D eigenvalue weighted by atomic mass is 35.5. The molecule has 0 aromatic carbocycles.